The standard InChI is InChI=1S/C10H11NOS/c1-3-12-8-5-4-6-9-10(8)11-7(2)13-9/h4-6H,3H2,1-2H3. The summed E-state index contributed by atoms with van der Waals surface area (Å²) in [5.41, 5.74) is 0.992. The number of aryl methyl sites for hydroxylation is 1. The minimum absolute atomic E-state index is 0.690. The van der Waals surface area contributed by atoms with Crippen molar-refractivity contribution in [2.75, 3.05) is 6.61 Å². The van der Waals surface area contributed by atoms with Crippen LogP contribution in [0.25, 0.3) is 10.2 Å². The van der Waals surface area contributed by atoms with Crippen LogP contribution in [0.1, 0.15) is 11.9 Å². The Morgan fingerprint density at radius 2 is 2.31 bits per heavy atom. The molecule has 0 saturated heterocycles. The smallest absolute Gasteiger partial charge is 0.146 e. The monoisotopic (exact) mass is 193 g/mol. The highest BCUT2D eigenvalue weighted by atomic mass is 32.1. The molecule has 68 valence electrons. The normalized spacial score (nSPS) is 10.6. The molecular formula is C10H11NOS. The molecule has 13 heavy (non-hydrogen) atoms. The van der Waals surface area contributed by atoms with Gasteiger partial charge in [-0.05, 0) is 26.0 Å². The van der Waals surface area contributed by atoms with E-state index >= 15 is 0 Å². The summed E-state index contributed by atoms with van der Waals surface area (Å²) in [5, 5.41) is 1.09. The number of para-hydroxylation sites is 1. The third kappa shape index (κ3) is 1.52. The SMILES string of the molecule is CCOc1cccc2sc(C)nc12. The van der Waals surface area contributed by atoms with Crippen molar-refractivity contribution in [1.82, 2.24) is 4.98 Å². The zero-order valence-corrected chi connectivity index (χ0v) is 8.52. The van der Waals surface area contributed by atoms with Gasteiger partial charge in [0.05, 0.1) is 16.3 Å². The molecule has 0 atom stereocenters. The van der Waals surface area contributed by atoms with Crippen LogP contribution >= 0.6 is 11.3 Å². The predicted molar refractivity (Wildman–Crippen MR) is 55.5 cm³/mol. The lowest BCUT2D eigenvalue weighted by Gasteiger charge is -2.01. The molecule has 2 nitrogen and oxygen atoms in total. The minimum atomic E-state index is 0.690. The highest BCUT2D eigenvalue weighted by Gasteiger charge is 2.05. The summed E-state index contributed by atoms with van der Waals surface area (Å²) in [4.78, 5) is 4.43. The van der Waals surface area contributed by atoms with E-state index in [0.29, 0.717) is 6.61 Å². The van der Waals surface area contributed by atoms with E-state index < -0.39 is 0 Å². The molecule has 0 bridgehead atoms. The van der Waals surface area contributed by atoms with Gasteiger partial charge < -0.3 is 4.74 Å². The lowest BCUT2D eigenvalue weighted by Crippen LogP contribution is -1.91. The lowest BCUT2D eigenvalue weighted by molar-refractivity contribution is 0.343. The molecule has 0 spiro atoms. The van der Waals surface area contributed by atoms with Gasteiger partial charge in [-0.15, -0.1) is 11.3 Å². The summed E-state index contributed by atoms with van der Waals surface area (Å²) in [6.07, 6.45) is 0. The number of aromatic nitrogens is 1. The van der Waals surface area contributed by atoms with E-state index in [1.807, 2.05) is 26.0 Å². The maximum Gasteiger partial charge on any atom is 0.146 e. The Balaban J connectivity index is 2.60. The van der Waals surface area contributed by atoms with Gasteiger partial charge in [-0.25, -0.2) is 4.98 Å². The number of ether oxygens (including phenoxy) is 1. The van der Waals surface area contributed by atoms with Crippen molar-refractivity contribution >= 4 is 21.6 Å². The van der Waals surface area contributed by atoms with Gasteiger partial charge in [0.15, 0.2) is 0 Å². The first-order valence-corrected chi connectivity index (χ1v) is 5.12. The van der Waals surface area contributed by atoms with E-state index in [0.717, 1.165) is 16.3 Å². The fraction of sp³-hybridized carbons (Fsp3) is 0.300. The third-order valence-corrected chi connectivity index (χ3v) is 2.72. The summed E-state index contributed by atoms with van der Waals surface area (Å²) in [5.74, 6) is 0.893. The Morgan fingerprint density at radius 3 is 3.08 bits per heavy atom. The zero-order valence-electron chi connectivity index (χ0n) is 7.70. The van der Waals surface area contributed by atoms with Crippen LogP contribution in [0.15, 0.2) is 18.2 Å². The van der Waals surface area contributed by atoms with Crippen LogP contribution in [-0.2, 0) is 0 Å². The van der Waals surface area contributed by atoms with Crippen molar-refractivity contribution < 1.29 is 4.74 Å². The van der Waals surface area contributed by atoms with Crippen molar-refractivity contribution in [1.29, 1.82) is 0 Å². The zero-order chi connectivity index (χ0) is 9.26. The minimum Gasteiger partial charge on any atom is -0.492 e. The number of fused-ring (bicyclic) bond motifs is 1. The molecule has 0 radical (unpaired) electrons. The fourth-order valence-corrected chi connectivity index (χ4v) is 2.15. The number of nitrogens with zero attached hydrogens (tertiary/aromatic N) is 1. The highest BCUT2D eigenvalue weighted by molar-refractivity contribution is 7.18. The summed E-state index contributed by atoms with van der Waals surface area (Å²) in [6, 6.07) is 6.04. The largest absolute Gasteiger partial charge is 0.492 e. The molecule has 2 aromatic rings. The van der Waals surface area contributed by atoms with Gasteiger partial charge in [-0.3, -0.25) is 0 Å². The van der Waals surface area contributed by atoms with Crippen molar-refractivity contribution in [2.45, 2.75) is 13.8 Å². The Labute approximate surface area is 81.2 Å². The molecule has 0 unspecified atom stereocenters. The van der Waals surface area contributed by atoms with Crippen LogP contribution < -0.4 is 4.74 Å². The van der Waals surface area contributed by atoms with E-state index in [1.165, 1.54) is 4.70 Å². The second kappa shape index (κ2) is 3.34. The molecule has 0 aliphatic carbocycles. The number of hydrogen-bond donors (Lipinski definition) is 0. The van der Waals surface area contributed by atoms with E-state index in [2.05, 4.69) is 11.1 Å². The molecule has 1 heterocycles. The van der Waals surface area contributed by atoms with Gasteiger partial charge in [0.2, 0.25) is 0 Å². The summed E-state index contributed by atoms with van der Waals surface area (Å²) in [7, 11) is 0. The molecule has 1 aromatic carbocycles. The third-order valence-electron chi connectivity index (χ3n) is 1.79. The highest BCUT2D eigenvalue weighted by Crippen LogP contribution is 2.29. The first-order chi connectivity index (χ1) is 6.31. The molecule has 1 aromatic heterocycles. The Bertz CT molecular complexity index is 422. The van der Waals surface area contributed by atoms with Crippen LogP contribution in [0.5, 0.6) is 5.75 Å². The van der Waals surface area contributed by atoms with Gasteiger partial charge in [-0.1, -0.05) is 6.07 Å². The summed E-state index contributed by atoms with van der Waals surface area (Å²) < 4.78 is 6.67. The van der Waals surface area contributed by atoms with Crippen LogP contribution in [0.4, 0.5) is 0 Å². The molecule has 0 N–H and O–H groups in total. The topological polar surface area (TPSA) is 22.1 Å². The number of thiazole rings is 1. The van der Waals surface area contributed by atoms with Crippen molar-refractivity contribution in [3.63, 3.8) is 0 Å². The Kier molecular flexibility index (Phi) is 2.19. The molecule has 0 amide bonds. The number of rotatable bonds is 2. The molecule has 0 aliphatic rings. The molecule has 0 aliphatic heterocycles. The lowest BCUT2D eigenvalue weighted by atomic mass is 10.3. The summed E-state index contributed by atoms with van der Waals surface area (Å²) in [6.45, 7) is 4.69. The Hall–Kier alpha value is -1.09. The average molecular weight is 193 g/mol. The van der Waals surface area contributed by atoms with Gasteiger partial charge in [0, 0.05) is 0 Å². The van der Waals surface area contributed by atoms with Crippen molar-refractivity contribution in [3.8, 4) is 5.75 Å². The molecule has 3 heteroatoms. The van der Waals surface area contributed by atoms with Crippen molar-refractivity contribution in [3.05, 3.63) is 23.2 Å². The van der Waals surface area contributed by atoms with Crippen LogP contribution in [0, 0.1) is 6.92 Å². The van der Waals surface area contributed by atoms with Gasteiger partial charge in [0.1, 0.15) is 11.3 Å². The maximum atomic E-state index is 5.48. The Morgan fingerprint density at radius 1 is 1.46 bits per heavy atom. The fourth-order valence-electron chi connectivity index (χ4n) is 1.31. The summed E-state index contributed by atoms with van der Waals surface area (Å²) >= 11 is 1.70. The predicted octanol–water partition coefficient (Wildman–Crippen LogP) is 3.00. The van der Waals surface area contributed by atoms with Gasteiger partial charge >= 0.3 is 0 Å². The van der Waals surface area contributed by atoms with Crippen LogP contribution in [-0.4, -0.2) is 11.6 Å². The van der Waals surface area contributed by atoms with Crippen LogP contribution in [0.2, 0.25) is 0 Å². The number of benzene rings is 1. The van der Waals surface area contributed by atoms with E-state index in [4.69, 9.17) is 4.74 Å². The molecule has 2 rings (SSSR count). The quantitative estimate of drug-likeness (QED) is 0.731. The molecule has 0 fully saturated rings. The molecule has 0 saturated carbocycles. The average Bonchev–Trinajstić information content (AvgIpc) is 2.47. The first kappa shape index (κ1) is 8.51. The van der Waals surface area contributed by atoms with Crippen LogP contribution in [0.3, 0.4) is 0 Å². The van der Waals surface area contributed by atoms with E-state index in [1.54, 1.807) is 11.3 Å². The van der Waals surface area contributed by atoms with Crippen molar-refractivity contribution in [2.24, 2.45) is 0 Å². The van der Waals surface area contributed by atoms with Gasteiger partial charge in [0.25, 0.3) is 0 Å². The second-order valence-corrected chi connectivity index (χ2v) is 4.00. The van der Waals surface area contributed by atoms with Gasteiger partial charge in [-0.2, -0.15) is 0 Å². The van der Waals surface area contributed by atoms with E-state index in [-0.39, 0.29) is 0 Å². The maximum absolute atomic E-state index is 5.48. The second-order valence-electron chi connectivity index (χ2n) is 2.77. The molecular weight excluding hydrogens is 182 g/mol. The number of hydrogen-bond acceptors (Lipinski definition) is 3. The first-order valence-electron chi connectivity index (χ1n) is 4.30. The van der Waals surface area contributed by atoms with E-state index in [9.17, 15) is 0 Å².